The molecule has 3 aliphatic rings. The number of nitrogens with one attached hydrogen (secondary N) is 1. The fourth-order valence-corrected chi connectivity index (χ4v) is 6.81. The third-order valence-corrected chi connectivity index (χ3v) is 8.27. The van der Waals surface area contributed by atoms with Gasteiger partial charge in [0.05, 0.1) is 24.2 Å². The molecule has 2 fully saturated rings. The Morgan fingerprint density at radius 3 is 2.72 bits per heavy atom. The van der Waals surface area contributed by atoms with Crippen molar-refractivity contribution in [3.8, 4) is 17.6 Å². The van der Waals surface area contributed by atoms with Crippen LogP contribution in [0.3, 0.4) is 0 Å². The molecule has 9 nitrogen and oxygen atoms in total. The zero-order valence-corrected chi connectivity index (χ0v) is 21.5. The molecule has 1 amide bonds. The lowest BCUT2D eigenvalue weighted by molar-refractivity contribution is -0.534. The molecule has 3 aromatic carbocycles. The molecule has 3 aliphatic heterocycles. The average molecular weight is 525 g/mol. The van der Waals surface area contributed by atoms with E-state index in [0.29, 0.717) is 41.5 Å². The van der Waals surface area contributed by atoms with Crippen LogP contribution in [0.1, 0.15) is 47.9 Å². The first-order valence-corrected chi connectivity index (χ1v) is 13.2. The van der Waals surface area contributed by atoms with Crippen LogP contribution < -0.4 is 14.8 Å². The van der Waals surface area contributed by atoms with Crippen LogP contribution in [-0.2, 0) is 16.9 Å². The number of anilines is 1. The maximum Gasteiger partial charge on any atom is 0.256 e. The molecule has 1 spiro atoms. The van der Waals surface area contributed by atoms with Crippen molar-refractivity contribution in [2.24, 2.45) is 0 Å². The second-order valence-electron chi connectivity index (χ2n) is 10.1. The molecule has 4 atom stereocenters. The summed E-state index contributed by atoms with van der Waals surface area (Å²) in [6, 6.07) is 20.8. The second-order valence-corrected chi connectivity index (χ2v) is 10.1. The summed E-state index contributed by atoms with van der Waals surface area (Å²) in [5, 5.41) is 25.2. The highest BCUT2D eigenvalue weighted by molar-refractivity contribution is 6.07. The van der Waals surface area contributed by atoms with Crippen LogP contribution in [0.4, 0.5) is 5.69 Å². The van der Waals surface area contributed by atoms with Crippen LogP contribution in [0.15, 0.2) is 66.7 Å². The first kappa shape index (κ1) is 24.9. The summed E-state index contributed by atoms with van der Waals surface area (Å²) < 4.78 is 12.0. The van der Waals surface area contributed by atoms with E-state index in [2.05, 4.69) is 16.3 Å². The molecule has 198 valence electrons. The number of amides is 1. The van der Waals surface area contributed by atoms with E-state index < -0.39 is 17.5 Å². The molecule has 0 saturated carbocycles. The van der Waals surface area contributed by atoms with Gasteiger partial charge in [-0.2, -0.15) is 5.26 Å². The maximum absolute atomic E-state index is 13.7. The van der Waals surface area contributed by atoms with E-state index >= 15 is 0 Å². The van der Waals surface area contributed by atoms with Crippen LogP contribution in [0.2, 0.25) is 0 Å². The number of para-hydroxylation sites is 1. The summed E-state index contributed by atoms with van der Waals surface area (Å²) in [6.45, 7) is 3.04. The number of fused-ring (bicyclic) bond motifs is 4. The Bertz CT molecular complexity index is 1500. The van der Waals surface area contributed by atoms with Crippen LogP contribution >= 0.6 is 0 Å². The standard InChI is InChI=1S/C30H28N4O5/c1-2-38-26-16-19(13-14-25(26)39-18-21-9-4-3-8-20(21)17-31)27-24-12-7-15-33(24)30(28(27)34(36)37)22-10-5-6-11-23(22)32-29(30)35/h3-6,8-11,13-14,16,24,27-28H,2,7,12,15,18H2,1H3,(H,32,35)/t24-,27+,28-,30-/m0/s1. The van der Waals surface area contributed by atoms with E-state index in [1.807, 2.05) is 49.4 Å². The van der Waals surface area contributed by atoms with Crippen molar-refractivity contribution in [1.29, 1.82) is 5.26 Å². The van der Waals surface area contributed by atoms with Crippen LogP contribution in [0.25, 0.3) is 0 Å². The molecule has 2 saturated heterocycles. The van der Waals surface area contributed by atoms with Gasteiger partial charge in [-0.1, -0.05) is 42.5 Å². The number of rotatable bonds is 7. The lowest BCUT2D eigenvalue weighted by Crippen LogP contribution is -2.55. The van der Waals surface area contributed by atoms with Crippen molar-refractivity contribution >= 4 is 11.6 Å². The first-order valence-electron chi connectivity index (χ1n) is 13.2. The van der Waals surface area contributed by atoms with Gasteiger partial charge in [-0.05, 0) is 49.6 Å². The summed E-state index contributed by atoms with van der Waals surface area (Å²) in [5.41, 5.74) is 1.98. The Morgan fingerprint density at radius 1 is 1.13 bits per heavy atom. The van der Waals surface area contributed by atoms with Crippen molar-refractivity contribution in [1.82, 2.24) is 4.90 Å². The van der Waals surface area contributed by atoms with Gasteiger partial charge >= 0.3 is 0 Å². The zero-order chi connectivity index (χ0) is 27.1. The van der Waals surface area contributed by atoms with Crippen LogP contribution in [0.5, 0.6) is 11.5 Å². The molecule has 39 heavy (non-hydrogen) atoms. The summed E-state index contributed by atoms with van der Waals surface area (Å²) in [7, 11) is 0. The van der Waals surface area contributed by atoms with Crippen molar-refractivity contribution in [2.75, 3.05) is 18.5 Å². The molecular weight excluding hydrogens is 496 g/mol. The number of nitriles is 1. The van der Waals surface area contributed by atoms with Crippen molar-refractivity contribution in [2.45, 2.75) is 49.9 Å². The first-order chi connectivity index (χ1) is 19.0. The molecule has 1 N–H and O–H groups in total. The zero-order valence-electron chi connectivity index (χ0n) is 21.5. The van der Waals surface area contributed by atoms with E-state index in [0.717, 1.165) is 24.0 Å². The van der Waals surface area contributed by atoms with E-state index in [4.69, 9.17) is 9.47 Å². The largest absolute Gasteiger partial charge is 0.490 e. The Kier molecular flexibility index (Phi) is 6.20. The van der Waals surface area contributed by atoms with Gasteiger partial charge in [0.2, 0.25) is 0 Å². The fourth-order valence-electron chi connectivity index (χ4n) is 6.81. The van der Waals surface area contributed by atoms with Gasteiger partial charge in [-0.3, -0.25) is 19.8 Å². The monoisotopic (exact) mass is 524 g/mol. The number of carbonyl (C=O) groups excluding carboxylic acids is 1. The van der Waals surface area contributed by atoms with Crippen molar-refractivity contribution < 1.29 is 19.2 Å². The highest BCUT2D eigenvalue weighted by Crippen LogP contribution is 2.58. The third-order valence-electron chi connectivity index (χ3n) is 8.27. The summed E-state index contributed by atoms with van der Waals surface area (Å²) in [5.74, 6) is 0.118. The average Bonchev–Trinajstić information content (AvgIpc) is 3.61. The summed E-state index contributed by atoms with van der Waals surface area (Å²) >= 11 is 0. The SMILES string of the molecule is CCOc1cc([C@H]2[C@H]([N+](=O)[O-])[C@@]3(C(=O)Nc4ccccc43)N3CCC[C@@H]23)ccc1OCc1ccccc1C#N. The van der Waals surface area contributed by atoms with Crippen molar-refractivity contribution in [3.63, 3.8) is 0 Å². The molecule has 0 bridgehead atoms. The quantitative estimate of drug-likeness (QED) is 0.355. The molecule has 0 aromatic heterocycles. The third kappa shape index (κ3) is 3.74. The van der Waals surface area contributed by atoms with Gasteiger partial charge in [0.25, 0.3) is 11.9 Å². The number of hydrogen-bond donors (Lipinski definition) is 1. The number of nitrogens with zero attached hydrogens (tertiary/aromatic N) is 3. The minimum Gasteiger partial charge on any atom is -0.490 e. The Balaban J connectivity index is 1.41. The van der Waals surface area contributed by atoms with Gasteiger partial charge in [0, 0.05) is 34.3 Å². The minimum absolute atomic E-state index is 0.166. The maximum atomic E-state index is 13.7. The summed E-state index contributed by atoms with van der Waals surface area (Å²) in [6.07, 6.45) is 1.62. The molecule has 0 radical (unpaired) electrons. The number of carbonyl (C=O) groups is 1. The second kappa shape index (κ2) is 9.71. The van der Waals surface area contributed by atoms with Crippen LogP contribution in [0, 0.1) is 21.4 Å². The van der Waals surface area contributed by atoms with Crippen molar-refractivity contribution in [3.05, 3.63) is 99.1 Å². The molecular formula is C30H28N4O5. The van der Waals surface area contributed by atoms with Crippen LogP contribution in [-0.4, -0.2) is 41.0 Å². The molecule has 3 heterocycles. The predicted molar refractivity (Wildman–Crippen MR) is 143 cm³/mol. The molecule has 0 unspecified atom stereocenters. The topological polar surface area (TPSA) is 118 Å². The Labute approximate surface area is 226 Å². The highest BCUT2D eigenvalue weighted by atomic mass is 16.6. The molecule has 3 aromatic rings. The summed E-state index contributed by atoms with van der Waals surface area (Å²) in [4.78, 5) is 28.3. The Hall–Kier alpha value is -4.42. The number of benzene rings is 3. The van der Waals surface area contributed by atoms with Gasteiger partial charge in [0.1, 0.15) is 6.61 Å². The Morgan fingerprint density at radius 2 is 1.92 bits per heavy atom. The normalized spacial score (nSPS) is 25.1. The predicted octanol–water partition coefficient (Wildman–Crippen LogP) is 4.59. The lowest BCUT2D eigenvalue weighted by Gasteiger charge is -2.32. The highest BCUT2D eigenvalue weighted by Gasteiger charge is 2.73. The molecule has 6 rings (SSSR count). The van der Waals surface area contributed by atoms with E-state index in [-0.39, 0.29) is 23.5 Å². The number of nitro groups is 1. The van der Waals surface area contributed by atoms with Gasteiger partial charge in [-0.25, -0.2) is 0 Å². The number of hydrogen-bond acceptors (Lipinski definition) is 7. The van der Waals surface area contributed by atoms with E-state index in [9.17, 15) is 20.2 Å². The molecule has 9 heteroatoms. The van der Waals surface area contributed by atoms with Gasteiger partial charge in [0.15, 0.2) is 17.0 Å². The lowest BCUT2D eigenvalue weighted by atomic mass is 9.77. The molecule has 0 aliphatic carbocycles. The van der Waals surface area contributed by atoms with Gasteiger partial charge in [-0.15, -0.1) is 0 Å². The minimum atomic E-state index is -1.37. The van der Waals surface area contributed by atoms with E-state index in [1.54, 1.807) is 24.3 Å². The number of ether oxygens (including phenoxy) is 2. The smallest absolute Gasteiger partial charge is 0.256 e. The van der Waals surface area contributed by atoms with E-state index in [1.165, 1.54) is 0 Å². The fraction of sp³-hybridized carbons (Fsp3) is 0.333. The van der Waals surface area contributed by atoms with Gasteiger partial charge < -0.3 is 14.8 Å².